The summed E-state index contributed by atoms with van der Waals surface area (Å²) in [6, 6.07) is 14.3. The zero-order chi connectivity index (χ0) is 21.8. The predicted molar refractivity (Wildman–Crippen MR) is 112 cm³/mol. The predicted octanol–water partition coefficient (Wildman–Crippen LogP) is 2.96. The second-order valence-electron chi connectivity index (χ2n) is 6.62. The van der Waals surface area contributed by atoms with E-state index in [2.05, 4.69) is 5.32 Å². The van der Waals surface area contributed by atoms with Gasteiger partial charge in [0, 0.05) is 19.0 Å². The number of aryl methyl sites for hydroxylation is 1. The summed E-state index contributed by atoms with van der Waals surface area (Å²) < 4.78 is 15.7. The molecule has 0 fully saturated rings. The number of benzene rings is 2. The molecule has 0 bridgehead atoms. The number of carbonyl (C=O) groups excluding carboxylic acids is 3. The van der Waals surface area contributed by atoms with Crippen molar-refractivity contribution >= 4 is 17.7 Å². The number of rotatable bonds is 12. The number of carbonyl (C=O) groups is 3. The van der Waals surface area contributed by atoms with Gasteiger partial charge in [0.25, 0.3) is 0 Å². The summed E-state index contributed by atoms with van der Waals surface area (Å²) >= 11 is 0. The Labute approximate surface area is 176 Å². The van der Waals surface area contributed by atoms with Crippen molar-refractivity contribution in [1.82, 2.24) is 5.32 Å². The van der Waals surface area contributed by atoms with Crippen molar-refractivity contribution in [3.63, 3.8) is 0 Å². The fourth-order valence-electron chi connectivity index (χ4n) is 2.70. The highest BCUT2D eigenvalue weighted by Gasteiger charge is 2.11. The van der Waals surface area contributed by atoms with Crippen LogP contribution in [0.1, 0.15) is 35.7 Å². The van der Waals surface area contributed by atoms with Crippen molar-refractivity contribution in [3.8, 4) is 11.5 Å². The smallest absolute Gasteiger partial charge is 0.309 e. The second-order valence-corrected chi connectivity index (χ2v) is 6.62. The lowest BCUT2D eigenvalue weighted by Gasteiger charge is -2.10. The maximum absolute atomic E-state index is 12.2. The second kappa shape index (κ2) is 12.3. The highest BCUT2D eigenvalue weighted by molar-refractivity contribution is 5.97. The van der Waals surface area contributed by atoms with Gasteiger partial charge in [0.1, 0.15) is 0 Å². The van der Waals surface area contributed by atoms with Gasteiger partial charge in [-0.15, -0.1) is 0 Å². The van der Waals surface area contributed by atoms with Crippen LogP contribution in [0, 0.1) is 0 Å². The van der Waals surface area contributed by atoms with Gasteiger partial charge in [-0.3, -0.25) is 14.4 Å². The van der Waals surface area contributed by atoms with Crippen molar-refractivity contribution in [3.05, 3.63) is 59.7 Å². The third kappa shape index (κ3) is 7.95. The minimum absolute atomic E-state index is 0.0264. The maximum Gasteiger partial charge on any atom is 0.309 e. The Balaban J connectivity index is 1.69. The molecule has 2 aromatic rings. The number of Topliss-reactive ketones (excluding diaryl/α,β-unsaturated/α-hetero) is 1. The molecule has 7 nitrogen and oxygen atoms in total. The average molecular weight is 413 g/mol. The quantitative estimate of drug-likeness (QED) is 0.327. The van der Waals surface area contributed by atoms with Gasteiger partial charge in [-0.1, -0.05) is 36.4 Å². The van der Waals surface area contributed by atoms with Gasteiger partial charge in [-0.2, -0.15) is 0 Å². The van der Waals surface area contributed by atoms with Gasteiger partial charge in [0.05, 0.1) is 20.1 Å². The summed E-state index contributed by atoms with van der Waals surface area (Å²) in [4.78, 5) is 34.9. The maximum atomic E-state index is 12.2. The van der Waals surface area contributed by atoms with E-state index in [1.807, 2.05) is 24.3 Å². The molecule has 0 atom stereocenters. The average Bonchev–Trinajstić information content (AvgIpc) is 2.75. The number of methoxy groups -OCH3 is 1. The molecule has 0 saturated carbocycles. The molecule has 2 aromatic carbocycles. The Morgan fingerprint density at radius 3 is 2.33 bits per heavy atom. The normalized spacial score (nSPS) is 10.2. The number of ketones is 1. The molecule has 0 spiro atoms. The SMILES string of the molecule is COc1ccccc1OCCC(=O)OCC(=O)c1ccc(CCCNC(C)=O)cc1. The minimum atomic E-state index is -0.507. The van der Waals surface area contributed by atoms with E-state index in [-0.39, 0.29) is 31.3 Å². The van der Waals surface area contributed by atoms with Crippen LogP contribution in [-0.4, -0.2) is 44.5 Å². The number of hydrogen-bond donors (Lipinski definition) is 1. The van der Waals surface area contributed by atoms with E-state index < -0.39 is 5.97 Å². The number of nitrogens with one attached hydrogen (secondary N) is 1. The summed E-state index contributed by atoms with van der Waals surface area (Å²) in [6.07, 6.45) is 1.65. The minimum Gasteiger partial charge on any atom is -0.493 e. The lowest BCUT2D eigenvalue weighted by Crippen LogP contribution is -2.21. The molecule has 30 heavy (non-hydrogen) atoms. The Kier molecular flexibility index (Phi) is 9.37. The number of esters is 1. The van der Waals surface area contributed by atoms with E-state index in [0.717, 1.165) is 18.4 Å². The van der Waals surface area contributed by atoms with Crippen molar-refractivity contribution in [2.75, 3.05) is 26.9 Å². The van der Waals surface area contributed by atoms with Crippen LogP contribution in [0.3, 0.4) is 0 Å². The summed E-state index contributed by atoms with van der Waals surface area (Å²) in [5, 5.41) is 2.75. The molecule has 0 aliphatic rings. The van der Waals surface area contributed by atoms with Crippen molar-refractivity contribution in [2.24, 2.45) is 0 Å². The molecule has 7 heteroatoms. The van der Waals surface area contributed by atoms with E-state index in [4.69, 9.17) is 14.2 Å². The van der Waals surface area contributed by atoms with Gasteiger partial charge in [0.15, 0.2) is 23.9 Å². The number of ether oxygens (including phenoxy) is 3. The summed E-state index contributed by atoms with van der Waals surface area (Å²) in [5.74, 6) is 0.309. The third-order valence-corrected chi connectivity index (χ3v) is 4.29. The first kappa shape index (κ1) is 22.9. The van der Waals surface area contributed by atoms with Crippen LogP contribution in [0.4, 0.5) is 0 Å². The Morgan fingerprint density at radius 2 is 1.67 bits per heavy atom. The first-order valence-electron chi connectivity index (χ1n) is 9.77. The van der Waals surface area contributed by atoms with Crippen LogP contribution >= 0.6 is 0 Å². The standard InChI is InChI=1S/C23H27NO6/c1-17(25)24-14-5-6-18-9-11-19(12-10-18)20(26)16-30-23(27)13-15-29-22-8-4-3-7-21(22)28-2/h3-4,7-12H,5-6,13-16H2,1-2H3,(H,24,25). The summed E-state index contributed by atoms with van der Waals surface area (Å²) in [5.41, 5.74) is 1.56. The third-order valence-electron chi connectivity index (χ3n) is 4.29. The Hall–Kier alpha value is -3.35. The summed E-state index contributed by atoms with van der Waals surface area (Å²) in [7, 11) is 1.54. The Bertz CT molecular complexity index is 847. The van der Waals surface area contributed by atoms with Gasteiger partial charge in [0.2, 0.25) is 5.91 Å². The molecular weight excluding hydrogens is 386 g/mol. The molecule has 0 aliphatic heterocycles. The largest absolute Gasteiger partial charge is 0.493 e. The topological polar surface area (TPSA) is 90.9 Å². The van der Waals surface area contributed by atoms with E-state index in [0.29, 0.717) is 23.6 Å². The van der Waals surface area contributed by atoms with E-state index in [9.17, 15) is 14.4 Å². The lowest BCUT2D eigenvalue weighted by atomic mass is 10.1. The highest BCUT2D eigenvalue weighted by Crippen LogP contribution is 2.25. The lowest BCUT2D eigenvalue weighted by molar-refractivity contribution is -0.143. The van der Waals surface area contributed by atoms with Gasteiger partial charge in [-0.05, 0) is 30.5 Å². The molecule has 0 aliphatic carbocycles. The fourth-order valence-corrected chi connectivity index (χ4v) is 2.70. The molecule has 0 radical (unpaired) electrons. The molecule has 1 N–H and O–H groups in total. The highest BCUT2D eigenvalue weighted by atomic mass is 16.5. The molecule has 160 valence electrons. The van der Waals surface area contributed by atoms with Crippen LogP contribution in [-0.2, 0) is 20.7 Å². The van der Waals surface area contributed by atoms with Crippen LogP contribution < -0.4 is 14.8 Å². The van der Waals surface area contributed by atoms with Crippen LogP contribution in [0.15, 0.2) is 48.5 Å². The molecule has 0 saturated heterocycles. The van der Waals surface area contributed by atoms with Crippen molar-refractivity contribution < 1.29 is 28.6 Å². The van der Waals surface area contributed by atoms with Gasteiger partial charge < -0.3 is 19.5 Å². The molecule has 2 rings (SSSR count). The molecule has 1 amide bonds. The monoisotopic (exact) mass is 413 g/mol. The number of para-hydroxylation sites is 2. The number of amides is 1. The zero-order valence-corrected chi connectivity index (χ0v) is 17.3. The van der Waals surface area contributed by atoms with Crippen molar-refractivity contribution in [1.29, 1.82) is 0 Å². The van der Waals surface area contributed by atoms with E-state index >= 15 is 0 Å². The van der Waals surface area contributed by atoms with Gasteiger partial charge in [-0.25, -0.2) is 0 Å². The van der Waals surface area contributed by atoms with Crippen LogP contribution in [0.5, 0.6) is 11.5 Å². The first-order valence-corrected chi connectivity index (χ1v) is 9.77. The molecule has 0 unspecified atom stereocenters. The first-order chi connectivity index (χ1) is 14.5. The van der Waals surface area contributed by atoms with E-state index in [1.165, 1.54) is 6.92 Å². The Morgan fingerprint density at radius 1 is 0.967 bits per heavy atom. The van der Waals surface area contributed by atoms with E-state index in [1.54, 1.807) is 31.4 Å². The fraction of sp³-hybridized carbons (Fsp3) is 0.348. The summed E-state index contributed by atoms with van der Waals surface area (Å²) in [6.45, 7) is 1.92. The van der Waals surface area contributed by atoms with Crippen LogP contribution in [0.2, 0.25) is 0 Å². The van der Waals surface area contributed by atoms with Gasteiger partial charge >= 0.3 is 5.97 Å². The van der Waals surface area contributed by atoms with Crippen molar-refractivity contribution in [2.45, 2.75) is 26.2 Å². The van der Waals surface area contributed by atoms with Crippen LogP contribution in [0.25, 0.3) is 0 Å². The number of hydrogen-bond acceptors (Lipinski definition) is 6. The molecule has 0 aromatic heterocycles. The zero-order valence-electron chi connectivity index (χ0n) is 17.3. The molecular formula is C23H27NO6. The molecule has 0 heterocycles.